The van der Waals surface area contributed by atoms with Crippen LogP contribution in [0.1, 0.15) is 31.4 Å². The van der Waals surface area contributed by atoms with Crippen molar-refractivity contribution in [1.82, 2.24) is 5.32 Å². The van der Waals surface area contributed by atoms with Gasteiger partial charge >= 0.3 is 12.0 Å². The Balaban J connectivity index is 2.79. The highest BCUT2D eigenvalue weighted by molar-refractivity contribution is 9.10. The van der Waals surface area contributed by atoms with Crippen molar-refractivity contribution in [3.63, 3.8) is 0 Å². The molecule has 6 heteroatoms. The van der Waals surface area contributed by atoms with Crippen molar-refractivity contribution in [3.8, 4) is 0 Å². The largest absolute Gasteiger partial charge is 0.480 e. The van der Waals surface area contributed by atoms with Gasteiger partial charge in [0.2, 0.25) is 0 Å². The maximum atomic E-state index is 12.0. The zero-order valence-electron chi connectivity index (χ0n) is 12.7. The fraction of sp³-hybridized carbons (Fsp3) is 0.467. The van der Waals surface area contributed by atoms with Gasteiger partial charge in [-0.25, -0.2) is 9.59 Å². The van der Waals surface area contributed by atoms with Crippen LogP contribution < -0.4 is 10.6 Å². The van der Waals surface area contributed by atoms with E-state index in [0.29, 0.717) is 12.1 Å². The minimum atomic E-state index is -1.03. The summed E-state index contributed by atoms with van der Waals surface area (Å²) in [4.78, 5) is 23.1. The molecule has 0 aliphatic rings. The number of amides is 2. The average Bonchev–Trinajstić information content (AvgIpc) is 2.32. The Kier molecular flexibility index (Phi) is 6.20. The molecule has 1 aromatic carbocycles. The summed E-state index contributed by atoms with van der Waals surface area (Å²) < 4.78 is 0.769. The molecule has 3 N–H and O–H groups in total. The minimum absolute atomic E-state index is 0.180. The lowest BCUT2D eigenvalue weighted by molar-refractivity contribution is -0.139. The number of hydrogen-bond donors (Lipinski definition) is 3. The van der Waals surface area contributed by atoms with Gasteiger partial charge in [0.25, 0.3) is 0 Å². The van der Waals surface area contributed by atoms with E-state index in [0.717, 1.165) is 15.6 Å². The molecular weight excluding hydrogens is 336 g/mol. The summed E-state index contributed by atoms with van der Waals surface area (Å²) >= 11 is 3.40. The standard InChI is InChI=1S/C15H21BrN2O3/c1-8(2)5-12(14(19)20)17-15(21)18-13-10(4)6-9(3)7-11(13)16/h6-8,12H,5H2,1-4H3,(H,19,20)(H2,17,18,21)/t12-/m0/s1. The Morgan fingerprint density at radius 1 is 1.29 bits per heavy atom. The maximum absolute atomic E-state index is 12.0. The molecule has 0 heterocycles. The number of aliphatic carboxylic acids is 1. The first-order valence-electron chi connectivity index (χ1n) is 6.77. The number of halogens is 1. The second-order valence-corrected chi connectivity index (χ2v) is 6.41. The van der Waals surface area contributed by atoms with Gasteiger partial charge < -0.3 is 15.7 Å². The van der Waals surface area contributed by atoms with Crippen molar-refractivity contribution in [2.75, 3.05) is 5.32 Å². The zero-order chi connectivity index (χ0) is 16.2. The lowest BCUT2D eigenvalue weighted by Gasteiger charge is -2.18. The van der Waals surface area contributed by atoms with Gasteiger partial charge in [0.05, 0.1) is 5.69 Å². The van der Waals surface area contributed by atoms with Gasteiger partial charge in [-0.1, -0.05) is 19.9 Å². The quantitative estimate of drug-likeness (QED) is 0.752. The first kappa shape index (κ1) is 17.5. The summed E-state index contributed by atoms with van der Waals surface area (Å²) in [6, 6.07) is 2.43. The average molecular weight is 357 g/mol. The van der Waals surface area contributed by atoms with Crippen molar-refractivity contribution in [3.05, 3.63) is 27.7 Å². The highest BCUT2D eigenvalue weighted by Crippen LogP contribution is 2.27. The Labute approximate surface area is 133 Å². The number of aryl methyl sites for hydroxylation is 2. The van der Waals surface area contributed by atoms with E-state index >= 15 is 0 Å². The summed E-state index contributed by atoms with van der Waals surface area (Å²) in [6.07, 6.45) is 0.386. The number of urea groups is 1. The first-order chi connectivity index (χ1) is 9.70. The topological polar surface area (TPSA) is 78.4 Å². The molecule has 0 saturated carbocycles. The number of hydrogen-bond acceptors (Lipinski definition) is 2. The van der Waals surface area contributed by atoms with Gasteiger partial charge in [0.15, 0.2) is 0 Å². The molecule has 0 saturated heterocycles. The molecule has 21 heavy (non-hydrogen) atoms. The summed E-state index contributed by atoms with van der Waals surface area (Å²) in [5, 5.41) is 14.3. The Hall–Kier alpha value is -1.56. The molecule has 0 aliphatic carbocycles. The van der Waals surface area contributed by atoms with E-state index in [2.05, 4.69) is 26.6 Å². The van der Waals surface area contributed by atoms with Crippen LogP contribution in [0.3, 0.4) is 0 Å². The second kappa shape index (κ2) is 7.45. The van der Waals surface area contributed by atoms with Gasteiger partial charge in [-0.05, 0) is 59.3 Å². The summed E-state index contributed by atoms with van der Waals surface area (Å²) in [7, 11) is 0. The number of carbonyl (C=O) groups is 2. The van der Waals surface area contributed by atoms with Crippen LogP contribution in [0.25, 0.3) is 0 Å². The predicted octanol–water partition coefficient (Wildman–Crippen LogP) is 3.69. The van der Waals surface area contributed by atoms with Gasteiger partial charge in [-0.15, -0.1) is 0 Å². The summed E-state index contributed by atoms with van der Waals surface area (Å²) in [5.41, 5.74) is 2.63. The van der Waals surface area contributed by atoms with Gasteiger partial charge in [-0.2, -0.15) is 0 Å². The van der Waals surface area contributed by atoms with E-state index < -0.39 is 18.0 Å². The Morgan fingerprint density at radius 2 is 1.90 bits per heavy atom. The molecule has 1 atom stereocenters. The lowest BCUT2D eigenvalue weighted by Crippen LogP contribution is -2.43. The molecule has 0 radical (unpaired) electrons. The van der Waals surface area contributed by atoms with E-state index in [1.165, 1.54) is 0 Å². The molecule has 116 valence electrons. The van der Waals surface area contributed by atoms with E-state index in [1.54, 1.807) is 0 Å². The van der Waals surface area contributed by atoms with E-state index in [1.807, 2.05) is 39.8 Å². The van der Waals surface area contributed by atoms with Gasteiger partial charge in [-0.3, -0.25) is 0 Å². The van der Waals surface area contributed by atoms with Crippen molar-refractivity contribution >= 4 is 33.6 Å². The van der Waals surface area contributed by atoms with Crippen LogP contribution in [0.4, 0.5) is 10.5 Å². The highest BCUT2D eigenvalue weighted by atomic mass is 79.9. The molecule has 0 spiro atoms. The SMILES string of the molecule is Cc1cc(C)c(NC(=O)N[C@@H](CC(C)C)C(=O)O)c(Br)c1. The third kappa shape index (κ3) is 5.38. The van der Waals surface area contributed by atoms with Crippen molar-refractivity contribution in [1.29, 1.82) is 0 Å². The normalized spacial score (nSPS) is 12.1. The fourth-order valence-corrected chi connectivity index (χ4v) is 2.85. The predicted molar refractivity (Wildman–Crippen MR) is 86.6 cm³/mol. The fourth-order valence-electron chi connectivity index (χ4n) is 2.07. The van der Waals surface area contributed by atoms with Gasteiger partial charge in [0.1, 0.15) is 6.04 Å². The van der Waals surface area contributed by atoms with E-state index in [9.17, 15) is 9.59 Å². The van der Waals surface area contributed by atoms with Crippen LogP contribution in [0.5, 0.6) is 0 Å². The van der Waals surface area contributed by atoms with Crippen molar-refractivity contribution < 1.29 is 14.7 Å². The molecule has 0 unspecified atom stereocenters. The third-order valence-electron chi connectivity index (χ3n) is 2.98. The van der Waals surface area contributed by atoms with Crippen molar-refractivity contribution in [2.24, 2.45) is 5.92 Å². The molecule has 0 aromatic heterocycles. The smallest absolute Gasteiger partial charge is 0.326 e. The maximum Gasteiger partial charge on any atom is 0.326 e. The molecule has 0 bridgehead atoms. The van der Waals surface area contributed by atoms with Crippen LogP contribution in [-0.2, 0) is 4.79 Å². The van der Waals surface area contributed by atoms with Crippen LogP contribution in [0.2, 0.25) is 0 Å². The Bertz CT molecular complexity index is 521. The number of anilines is 1. The highest BCUT2D eigenvalue weighted by Gasteiger charge is 2.21. The number of rotatable bonds is 5. The molecule has 2 amide bonds. The van der Waals surface area contributed by atoms with Crippen LogP contribution in [-0.4, -0.2) is 23.1 Å². The van der Waals surface area contributed by atoms with Gasteiger partial charge in [0, 0.05) is 4.47 Å². The molecule has 5 nitrogen and oxygen atoms in total. The van der Waals surface area contributed by atoms with Crippen LogP contribution in [0.15, 0.2) is 16.6 Å². The monoisotopic (exact) mass is 356 g/mol. The lowest BCUT2D eigenvalue weighted by atomic mass is 10.0. The molecular formula is C15H21BrN2O3. The summed E-state index contributed by atoms with van der Waals surface area (Å²) in [6.45, 7) is 7.67. The minimum Gasteiger partial charge on any atom is -0.480 e. The van der Waals surface area contributed by atoms with E-state index in [-0.39, 0.29) is 5.92 Å². The van der Waals surface area contributed by atoms with Crippen LogP contribution >= 0.6 is 15.9 Å². The molecule has 0 fully saturated rings. The number of carbonyl (C=O) groups excluding carboxylic acids is 1. The number of nitrogens with one attached hydrogen (secondary N) is 2. The number of benzene rings is 1. The third-order valence-corrected chi connectivity index (χ3v) is 3.61. The first-order valence-corrected chi connectivity index (χ1v) is 7.57. The summed E-state index contributed by atoms with van der Waals surface area (Å²) in [5.74, 6) is -0.849. The zero-order valence-corrected chi connectivity index (χ0v) is 14.2. The van der Waals surface area contributed by atoms with Crippen LogP contribution in [0, 0.1) is 19.8 Å². The molecule has 0 aliphatic heterocycles. The molecule has 1 aromatic rings. The Morgan fingerprint density at radius 3 is 2.38 bits per heavy atom. The van der Waals surface area contributed by atoms with E-state index in [4.69, 9.17) is 5.11 Å². The molecule has 1 rings (SSSR count). The number of carboxylic acid groups (broad SMARTS) is 1. The second-order valence-electron chi connectivity index (χ2n) is 5.56. The number of carboxylic acids is 1. The van der Waals surface area contributed by atoms with Crippen molar-refractivity contribution in [2.45, 2.75) is 40.2 Å².